The molecule has 0 radical (unpaired) electrons. The number of hydrogen-bond acceptors (Lipinski definition) is 5. The van der Waals surface area contributed by atoms with E-state index in [1.54, 1.807) is 26.0 Å². The summed E-state index contributed by atoms with van der Waals surface area (Å²) in [7, 11) is 1.51. The van der Waals surface area contributed by atoms with E-state index < -0.39 is 6.09 Å². The number of phenolic OH excluding ortho intramolecular Hbond substituents is 1. The molecule has 0 unspecified atom stereocenters. The fraction of sp³-hybridized carbons (Fsp3) is 0.333. The first-order valence-corrected chi connectivity index (χ1v) is 5.43. The van der Waals surface area contributed by atoms with Gasteiger partial charge < -0.3 is 14.6 Å². The molecular weight excluding hydrogens is 236 g/mol. The molecule has 6 heteroatoms. The first kappa shape index (κ1) is 13.8. The quantitative estimate of drug-likeness (QED) is 0.633. The summed E-state index contributed by atoms with van der Waals surface area (Å²) >= 11 is 0. The number of methoxy groups -OCH3 is 1. The van der Waals surface area contributed by atoms with Crippen LogP contribution in [0.5, 0.6) is 11.5 Å². The van der Waals surface area contributed by atoms with E-state index in [1.165, 1.54) is 13.2 Å². The Morgan fingerprint density at radius 1 is 1.50 bits per heavy atom. The molecule has 0 atom stereocenters. The standard InChI is InChI=1S/C12H16N2O4/c1-4-18-12(16)14-13-8(2)10-6-5-9(17-3)7-11(10)15/h5-7,15H,4H2,1-3H3,(H,14,16)/b13-8+. The third-order valence-corrected chi connectivity index (χ3v) is 2.19. The number of carbonyl (C=O) groups is 1. The number of rotatable bonds is 4. The van der Waals surface area contributed by atoms with Crippen molar-refractivity contribution in [2.75, 3.05) is 13.7 Å². The molecule has 0 fully saturated rings. The predicted molar refractivity (Wildman–Crippen MR) is 67.0 cm³/mol. The van der Waals surface area contributed by atoms with Crippen molar-refractivity contribution in [1.29, 1.82) is 0 Å². The van der Waals surface area contributed by atoms with Gasteiger partial charge in [-0.2, -0.15) is 5.10 Å². The molecule has 1 aromatic carbocycles. The molecule has 2 N–H and O–H groups in total. The van der Waals surface area contributed by atoms with E-state index in [2.05, 4.69) is 15.3 Å². The number of phenols is 1. The summed E-state index contributed by atoms with van der Waals surface area (Å²) in [4.78, 5) is 11.0. The van der Waals surface area contributed by atoms with Crippen molar-refractivity contribution in [3.05, 3.63) is 23.8 Å². The van der Waals surface area contributed by atoms with Crippen molar-refractivity contribution in [2.24, 2.45) is 5.10 Å². The predicted octanol–water partition coefficient (Wildman–Crippen LogP) is 1.87. The van der Waals surface area contributed by atoms with Crippen LogP contribution in [0.1, 0.15) is 19.4 Å². The number of amides is 1. The minimum Gasteiger partial charge on any atom is -0.507 e. The highest BCUT2D eigenvalue weighted by molar-refractivity contribution is 6.01. The van der Waals surface area contributed by atoms with Crippen molar-refractivity contribution < 1.29 is 19.4 Å². The maximum Gasteiger partial charge on any atom is 0.427 e. The molecule has 18 heavy (non-hydrogen) atoms. The number of carbonyl (C=O) groups excluding carboxylic acids is 1. The van der Waals surface area contributed by atoms with E-state index in [0.29, 0.717) is 17.0 Å². The lowest BCUT2D eigenvalue weighted by Crippen LogP contribution is -2.20. The lowest BCUT2D eigenvalue weighted by atomic mass is 10.1. The summed E-state index contributed by atoms with van der Waals surface area (Å²) in [5.41, 5.74) is 3.19. The molecule has 0 spiro atoms. The molecule has 0 saturated carbocycles. The molecule has 0 heterocycles. The number of nitrogens with one attached hydrogen (secondary N) is 1. The fourth-order valence-corrected chi connectivity index (χ4v) is 1.30. The Morgan fingerprint density at radius 2 is 2.22 bits per heavy atom. The molecule has 98 valence electrons. The van der Waals surface area contributed by atoms with Crippen molar-refractivity contribution in [3.8, 4) is 11.5 Å². The Hall–Kier alpha value is -2.24. The zero-order valence-electron chi connectivity index (χ0n) is 10.6. The van der Waals surface area contributed by atoms with Crippen LogP contribution in [0.3, 0.4) is 0 Å². The van der Waals surface area contributed by atoms with Crippen LogP contribution in [0.25, 0.3) is 0 Å². The Kier molecular flexibility index (Phi) is 4.98. The third kappa shape index (κ3) is 3.65. The number of hydrazone groups is 1. The third-order valence-electron chi connectivity index (χ3n) is 2.19. The first-order valence-electron chi connectivity index (χ1n) is 5.43. The van der Waals surface area contributed by atoms with Crippen LogP contribution < -0.4 is 10.2 Å². The zero-order valence-corrected chi connectivity index (χ0v) is 10.6. The highest BCUT2D eigenvalue weighted by Gasteiger charge is 2.07. The van der Waals surface area contributed by atoms with Crippen molar-refractivity contribution in [2.45, 2.75) is 13.8 Å². The van der Waals surface area contributed by atoms with E-state index in [9.17, 15) is 9.90 Å². The Morgan fingerprint density at radius 3 is 2.78 bits per heavy atom. The minimum absolute atomic E-state index is 0.0289. The van der Waals surface area contributed by atoms with Gasteiger partial charge in [0.1, 0.15) is 11.5 Å². The van der Waals surface area contributed by atoms with Gasteiger partial charge in [0.2, 0.25) is 0 Å². The lowest BCUT2D eigenvalue weighted by molar-refractivity contribution is 0.152. The SMILES string of the molecule is CCOC(=O)N/N=C(\C)c1ccc(OC)cc1O. The van der Waals surface area contributed by atoms with Crippen LogP contribution in [-0.2, 0) is 4.74 Å². The molecule has 1 amide bonds. The molecule has 1 aromatic rings. The van der Waals surface area contributed by atoms with Crippen LogP contribution in [0.15, 0.2) is 23.3 Å². The first-order chi connectivity index (χ1) is 8.58. The Labute approximate surface area is 105 Å². The molecule has 0 aliphatic heterocycles. The summed E-state index contributed by atoms with van der Waals surface area (Å²) in [5.74, 6) is 0.573. The largest absolute Gasteiger partial charge is 0.507 e. The summed E-state index contributed by atoms with van der Waals surface area (Å²) in [5, 5.41) is 13.6. The fourth-order valence-electron chi connectivity index (χ4n) is 1.30. The molecule has 6 nitrogen and oxygen atoms in total. The zero-order chi connectivity index (χ0) is 13.5. The minimum atomic E-state index is -0.634. The second-order valence-electron chi connectivity index (χ2n) is 3.41. The molecule has 1 rings (SSSR count). The topological polar surface area (TPSA) is 80.2 Å². The summed E-state index contributed by atoms with van der Waals surface area (Å²) in [6, 6.07) is 4.82. The molecule has 0 bridgehead atoms. The van der Waals surface area contributed by atoms with Crippen LogP contribution >= 0.6 is 0 Å². The number of nitrogens with zero attached hydrogens (tertiary/aromatic N) is 1. The van der Waals surface area contributed by atoms with Gasteiger partial charge >= 0.3 is 6.09 Å². The van der Waals surface area contributed by atoms with Gasteiger partial charge in [-0.25, -0.2) is 10.2 Å². The highest BCUT2D eigenvalue weighted by Crippen LogP contribution is 2.23. The van der Waals surface area contributed by atoms with Gasteiger partial charge in [0.15, 0.2) is 0 Å². The van der Waals surface area contributed by atoms with Gasteiger partial charge in [-0.15, -0.1) is 0 Å². The van der Waals surface area contributed by atoms with Crippen LogP contribution in [0.2, 0.25) is 0 Å². The van der Waals surface area contributed by atoms with Crippen LogP contribution in [0, 0.1) is 0 Å². The molecule has 0 aliphatic rings. The van der Waals surface area contributed by atoms with Gasteiger partial charge in [-0.1, -0.05) is 0 Å². The molecule has 0 saturated heterocycles. The van der Waals surface area contributed by atoms with Gasteiger partial charge in [0.05, 0.1) is 19.4 Å². The summed E-state index contributed by atoms with van der Waals surface area (Å²) in [6.07, 6.45) is -0.634. The maximum absolute atomic E-state index is 11.0. The average molecular weight is 252 g/mol. The van der Waals surface area contributed by atoms with Gasteiger partial charge in [-0.3, -0.25) is 0 Å². The van der Waals surface area contributed by atoms with E-state index in [-0.39, 0.29) is 12.4 Å². The lowest BCUT2D eigenvalue weighted by Gasteiger charge is -2.07. The van der Waals surface area contributed by atoms with Gasteiger partial charge in [0, 0.05) is 11.6 Å². The maximum atomic E-state index is 11.0. The Bertz CT molecular complexity index is 457. The van der Waals surface area contributed by atoms with E-state index in [4.69, 9.17) is 4.74 Å². The summed E-state index contributed by atoms with van der Waals surface area (Å²) < 4.78 is 9.63. The van der Waals surface area contributed by atoms with E-state index >= 15 is 0 Å². The molecular formula is C12H16N2O4. The number of aromatic hydroxyl groups is 1. The molecule has 0 aliphatic carbocycles. The van der Waals surface area contributed by atoms with Crippen molar-refractivity contribution in [3.63, 3.8) is 0 Å². The van der Waals surface area contributed by atoms with Crippen molar-refractivity contribution >= 4 is 11.8 Å². The van der Waals surface area contributed by atoms with Crippen LogP contribution in [0.4, 0.5) is 4.79 Å². The monoisotopic (exact) mass is 252 g/mol. The van der Waals surface area contributed by atoms with Gasteiger partial charge in [0.25, 0.3) is 0 Å². The molecule has 0 aromatic heterocycles. The number of benzene rings is 1. The van der Waals surface area contributed by atoms with Crippen LogP contribution in [-0.4, -0.2) is 30.6 Å². The number of hydrogen-bond donors (Lipinski definition) is 2. The average Bonchev–Trinajstić information content (AvgIpc) is 2.36. The van der Waals surface area contributed by atoms with E-state index in [0.717, 1.165) is 0 Å². The second kappa shape index (κ2) is 6.48. The van der Waals surface area contributed by atoms with Gasteiger partial charge in [-0.05, 0) is 26.0 Å². The smallest absolute Gasteiger partial charge is 0.427 e. The van der Waals surface area contributed by atoms with Crippen molar-refractivity contribution in [1.82, 2.24) is 5.43 Å². The summed E-state index contributed by atoms with van der Waals surface area (Å²) in [6.45, 7) is 3.63. The van der Waals surface area contributed by atoms with E-state index in [1.807, 2.05) is 0 Å². The normalized spacial score (nSPS) is 10.9. The highest BCUT2D eigenvalue weighted by atomic mass is 16.5. The number of ether oxygens (including phenoxy) is 2. The Balaban J connectivity index is 2.80. The second-order valence-corrected chi connectivity index (χ2v) is 3.41.